The van der Waals surface area contributed by atoms with Crippen molar-refractivity contribution in [1.29, 1.82) is 0 Å². The van der Waals surface area contributed by atoms with Crippen molar-refractivity contribution in [3.8, 4) is 0 Å². The summed E-state index contributed by atoms with van der Waals surface area (Å²) in [4.78, 5) is 0. The van der Waals surface area contributed by atoms with Gasteiger partial charge in [-0.3, -0.25) is 0 Å². The smallest absolute Gasteiger partial charge is 0.0175 e. The molecule has 0 N–H and O–H groups in total. The second-order valence-electron chi connectivity index (χ2n) is 1.38. The van der Waals surface area contributed by atoms with Gasteiger partial charge in [0.15, 0.2) is 0 Å². The molecular formula is C8H9Br. The van der Waals surface area contributed by atoms with Crippen molar-refractivity contribution in [1.82, 2.24) is 0 Å². The van der Waals surface area contributed by atoms with Crippen LogP contribution in [0.5, 0.6) is 0 Å². The van der Waals surface area contributed by atoms with Crippen molar-refractivity contribution in [3.63, 3.8) is 0 Å². The molecule has 0 bridgehead atoms. The SMILES string of the molecule is C=C/C=C\C(Br)=C/C=C. The third-order valence-electron chi connectivity index (χ3n) is 0.669. The topological polar surface area (TPSA) is 0 Å². The zero-order valence-corrected chi connectivity index (χ0v) is 6.76. The van der Waals surface area contributed by atoms with Gasteiger partial charge in [-0.15, -0.1) is 0 Å². The third kappa shape index (κ3) is 5.31. The molecule has 0 amide bonds. The fourth-order valence-corrected chi connectivity index (χ4v) is 0.668. The first-order valence-corrected chi connectivity index (χ1v) is 3.38. The van der Waals surface area contributed by atoms with E-state index in [2.05, 4.69) is 29.1 Å². The Morgan fingerprint density at radius 1 is 1.22 bits per heavy atom. The molecule has 0 saturated carbocycles. The van der Waals surface area contributed by atoms with Gasteiger partial charge in [-0.05, 0) is 12.2 Å². The van der Waals surface area contributed by atoms with Crippen LogP contribution in [0.15, 0.2) is 48.0 Å². The highest BCUT2D eigenvalue weighted by molar-refractivity contribution is 9.11. The Balaban J connectivity index is 3.88. The number of allylic oxidation sites excluding steroid dienone is 6. The monoisotopic (exact) mass is 184 g/mol. The van der Waals surface area contributed by atoms with E-state index >= 15 is 0 Å². The molecule has 0 saturated heterocycles. The highest BCUT2D eigenvalue weighted by Gasteiger charge is 1.75. The van der Waals surface area contributed by atoms with Crippen LogP contribution in [-0.2, 0) is 0 Å². The zero-order valence-electron chi connectivity index (χ0n) is 5.18. The molecule has 9 heavy (non-hydrogen) atoms. The molecule has 0 aliphatic carbocycles. The average Bonchev–Trinajstić information content (AvgIpc) is 1.85. The lowest BCUT2D eigenvalue weighted by Gasteiger charge is -1.80. The highest BCUT2D eigenvalue weighted by atomic mass is 79.9. The average molecular weight is 185 g/mol. The molecule has 0 unspecified atom stereocenters. The Bertz CT molecular complexity index is 152. The summed E-state index contributed by atoms with van der Waals surface area (Å²) in [5.41, 5.74) is 0. The normalized spacial score (nSPS) is 11.9. The minimum Gasteiger partial charge on any atom is -0.0991 e. The summed E-state index contributed by atoms with van der Waals surface area (Å²) in [5, 5.41) is 0. The van der Waals surface area contributed by atoms with Crippen LogP contribution in [-0.4, -0.2) is 0 Å². The second kappa shape index (κ2) is 5.57. The molecular weight excluding hydrogens is 176 g/mol. The van der Waals surface area contributed by atoms with Gasteiger partial charge >= 0.3 is 0 Å². The first-order chi connectivity index (χ1) is 4.31. The maximum absolute atomic E-state index is 3.54. The quantitative estimate of drug-likeness (QED) is 0.592. The van der Waals surface area contributed by atoms with Crippen LogP contribution < -0.4 is 0 Å². The molecule has 0 nitrogen and oxygen atoms in total. The summed E-state index contributed by atoms with van der Waals surface area (Å²) < 4.78 is 0.998. The first-order valence-electron chi connectivity index (χ1n) is 2.58. The van der Waals surface area contributed by atoms with E-state index in [0.29, 0.717) is 0 Å². The number of rotatable bonds is 3. The van der Waals surface area contributed by atoms with Gasteiger partial charge in [0.1, 0.15) is 0 Å². The van der Waals surface area contributed by atoms with Crippen molar-refractivity contribution in [2.45, 2.75) is 0 Å². The molecule has 0 spiro atoms. The van der Waals surface area contributed by atoms with Gasteiger partial charge in [0, 0.05) is 4.48 Å². The number of halogens is 1. The van der Waals surface area contributed by atoms with Crippen molar-refractivity contribution < 1.29 is 0 Å². The van der Waals surface area contributed by atoms with E-state index in [-0.39, 0.29) is 0 Å². The van der Waals surface area contributed by atoms with Gasteiger partial charge in [0.2, 0.25) is 0 Å². The van der Waals surface area contributed by atoms with Crippen LogP contribution >= 0.6 is 15.9 Å². The van der Waals surface area contributed by atoms with Crippen molar-refractivity contribution in [3.05, 3.63) is 48.0 Å². The fourth-order valence-electron chi connectivity index (χ4n) is 0.328. The van der Waals surface area contributed by atoms with Gasteiger partial charge in [0.05, 0.1) is 0 Å². The Morgan fingerprint density at radius 2 is 1.89 bits per heavy atom. The number of hydrogen-bond acceptors (Lipinski definition) is 0. The van der Waals surface area contributed by atoms with Gasteiger partial charge in [-0.25, -0.2) is 0 Å². The Labute approximate surface area is 64.4 Å². The van der Waals surface area contributed by atoms with E-state index in [1.165, 1.54) is 0 Å². The minimum atomic E-state index is 0.998. The minimum absolute atomic E-state index is 0.998. The van der Waals surface area contributed by atoms with Crippen LogP contribution in [0.2, 0.25) is 0 Å². The summed E-state index contributed by atoms with van der Waals surface area (Å²) in [6, 6.07) is 0. The zero-order chi connectivity index (χ0) is 7.11. The van der Waals surface area contributed by atoms with Crippen molar-refractivity contribution >= 4 is 15.9 Å². The Hall–Kier alpha value is -0.560. The standard InChI is InChI=1S/C8H9Br/c1-3-5-7-8(9)6-4-2/h3-7H,1-2H2/b7-5-,8-6+. The van der Waals surface area contributed by atoms with Crippen LogP contribution in [0, 0.1) is 0 Å². The van der Waals surface area contributed by atoms with Crippen LogP contribution in [0.1, 0.15) is 0 Å². The van der Waals surface area contributed by atoms with Gasteiger partial charge in [-0.2, -0.15) is 0 Å². The van der Waals surface area contributed by atoms with E-state index < -0.39 is 0 Å². The summed E-state index contributed by atoms with van der Waals surface area (Å²) in [7, 11) is 0. The molecule has 0 aromatic heterocycles. The first kappa shape index (κ1) is 8.44. The predicted molar refractivity (Wildman–Crippen MR) is 46.5 cm³/mol. The lowest BCUT2D eigenvalue weighted by atomic mass is 10.4. The molecule has 0 fully saturated rings. The molecule has 0 rings (SSSR count). The Morgan fingerprint density at radius 3 is 2.33 bits per heavy atom. The molecule has 0 radical (unpaired) electrons. The summed E-state index contributed by atoms with van der Waals surface area (Å²) in [6.45, 7) is 7.07. The van der Waals surface area contributed by atoms with E-state index in [1.807, 2.05) is 18.2 Å². The van der Waals surface area contributed by atoms with Crippen LogP contribution in [0.4, 0.5) is 0 Å². The van der Waals surface area contributed by atoms with Gasteiger partial charge < -0.3 is 0 Å². The molecule has 0 aliphatic rings. The maximum Gasteiger partial charge on any atom is 0.0175 e. The maximum atomic E-state index is 3.54. The molecule has 0 aromatic carbocycles. The Kier molecular flexibility index (Phi) is 5.23. The molecule has 0 heterocycles. The number of hydrogen-bond donors (Lipinski definition) is 0. The lowest BCUT2D eigenvalue weighted by Crippen LogP contribution is -1.56. The highest BCUT2D eigenvalue weighted by Crippen LogP contribution is 2.05. The fraction of sp³-hybridized carbons (Fsp3) is 0. The largest absolute Gasteiger partial charge is 0.0991 e. The van der Waals surface area contributed by atoms with E-state index in [4.69, 9.17) is 0 Å². The van der Waals surface area contributed by atoms with Gasteiger partial charge in [0.25, 0.3) is 0 Å². The van der Waals surface area contributed by atoms with Crippen LogP contribution in [0.3, 0.4) is 0 Å². The summed E-state index contributed by atoms with van der Waals surface area (Å²) >= 11 is 3.29. The van der Waals surface area contributed by atoms with Crippen molar-refractivity contribution in [2.75, 3.05) is 0 Å². The van der Waals surface area contributed by atoms with E-state index in [9.17, 15) is 0 Å². The second-order valence-corrected chi connectivity index (χ2v) is 2.30. The van der Waals surface area contributed by atoms with Crippen LogP contribution in [0.25, 0.3) is 0 Å². The van der Waals surface area contributed by atoms with Crippen molar-refractivity contribution in [2.24, 2.45) is 0 Å². The predicted octanol–water partition coefficient (Wildman–Crippen LogP) is 3.19. The van der Waals surface area contributed by atoms with Gasteiger partial charge in [-0.1, -0.05) is 47.3 Å². The third-order valence-corrected chi connectivity index (χ3v) is 1.20. The van der Waals surface area contributed by atoms with E-state index in [0.717, 1.165) is 4.48 Å². The summed E-state index contributed by atoms with van der Waals surface area (Å²) in [5.74, 6) is 0. The lowest BCUT2D eigenvalue weighted by molar-refractivity contribution is 1.88. The summed E-state index contributed by atoms with van der Waals surface area (Å²) in [6.07, 6.45) is 9.05. The molecule has 0 atom stereocenters. The van der Waals surface area contributed by atoms with E-state index in [1.54, 1.807) is 12.2 Å². The molecule has 48 valence electrons. The molecule has 0 aliphatic heterocycles. The molecule has 1 heteroatoms. The molecule has 0 aromatic rings.